The molecule has 3 rings (SSSR count). The van der Waals surface area contributed by atoms with Crippen LogP contribution in [0.4, 0.5) is 10.2 Å². The average Bonchev–Trinajstić information content (AvgIpc) is 2.77. The van der Waals surface area contributed by atoms with Gasteiger partial charge in [-0.1, -0.05) is 17.3 Å². The van der Waals surface area contributed by atoms with E-state index in [-0.39, 0.29) is 5.82 Å². The maximum atomic E-state index is 13.4. The van der Waals surface area contributed by atoms with Gasteiger partial charge in [0.2, 0.25) is 0 Å². The summed E-state index contributed by atoms with van der Waals surface area (Å²) < 4.78 is 24.3. The third-order valence-electron chi connectivity index (χ3n) is 3.97. The number of hydrogen-bond acceptors (Lipinski definition) is 4. The molecule has 0 atom stereocenters. The number of nitrogen functional groups attached to an aromatic ring is 1. The summed E-state index contributed by atoms with van der Waals surface area (Å²) in [6.45, 7) is 2.76. The van der Waals surface area contributed by atoms with Crippen molar-refractivity contribution in [3.05, 3.63) is 35.8 Å². The molecule has 21 heavy (non-hydrogen) atoms. The van der Waals surface area contributed by atoms with Crippen molar-refractivity contribution in [2.75, 3.05) is 12.3 Å². The normalized spacial score (nSPS) is 21.2. The molecular formula is C16H19FN2O2. The van der Waals surface area contributed by atoms with Gasteiger partial charge in [-0.3, -0.25) is 0 Å². The van der Waals surface area contributed by atoms with Crippen molar-refractivity contribution < 1.29 is 13.7 Å². The van der Waals surface area contributed by atoms with Gasteiger partial charge in [0.25, 0.3) is 0 Å². The Morgan fingerprint density at radius 1 is 1.43 bits per heavy atom. The minimum Gasteiger partial charge on any atom is -0.380 e. The van der Waals surface area contributed by atoms with Gasteiger partial charge in [-0.05, 0) is 43.4 Å². The van der Waals surface area contributed by atoms with Crippen LogP contribution in [-0.2, 0) is 11.2 Å². The van der Waals surface area contributed by atoms with Gasteiger partial charge in [0.1, 0.15) is 11.6 Å². The largest absolute Gasteiger partial charge is 0.380 e. The van der Waals surface area contributed by atoms with E-state index in [1.54, 1.807) is 6.07 Å². The van der Waals surface area contributed by atoms with Crippen LogP contribution in [-0.4, -0.2) is 17.9 Å². The van der Waals surface area contributed by atoms with Crippen LogP contribution in [0.25, 0.3) is 11.1 Å². The molecule has 2 N–H and O–H groups in total. The molecule has 0 unspecified atom stereocenters. The second-order valence-corrected chi connectivity index (χ2v) is 5.50. The highest BCUT2D eigenvalue weighted by Crippen LogP contribution is 2.37. The minimum atomic E-state index is -0.292. The Morgan fingerprint density at radius 2 is 2.24 bits per heavy atom. The second-order valence-electron chi connectivity index (χ2n) is 5.50. The Kier molecular flexibility index (Phi) is 3.92. The van der Waals surface area contributed by atoms with Crippen molar-refractivity contribution in [1.29, 1.82) is 0 Å². The van der Waals surface area contributed by atoms with E-state index in [1.165, 1.54) is 12.1 Å². The number of anilines is 1. The number of rotatable bonds is 5. The predicted octanol–water partition coefficient (Wildman–Crippen LogP) is 3.42. The van der Waals surface area contributed by atoms with Gasteiger partial charge in [0.15, 0.2) is 5.82 Å². The van der Waals surface area contributed by atoms with E-state index in [0.717, 1.165) is 31.6 Å². The predicted molar refractivity (Wildman–Crippen MR) is 78.2 cm³/mol. The van der Waals surface area contributed by atoms with E-state index in [2.05, 4.69) is 5.16 Å². The lowest BCUT2D eigenvalue weighted by Crippen LogP contribution is -2.32. The third-order valence-corrected chi connectivity index (χ3v) is 3.97. The number of halogens is 1. The molecule has 0 radical (unpaired) electrons. The summed E-state index contributed by atoms with van der Waals surface area (Å²) in [6, 6.07) is 6.34. The van der Waals surface area contributed by atoms with E-state index in [4.69, 9.17) is 15.0 Å². The van der Waals surface area contributed by atoms with Gasteiger partial charge in [0, 0.05) is 13.0 Å². The summed E-state index contributed by atoms with van der Waals surface area (Å²) in [5, 5.41) is 3.84. The molecule has 1 aliphatic carbocycles. The summed E-state index contributed by atoms with van der Waals surface area (Å²) in [5.74, 6) is 1.27. The Hall–Kier alpha value is -1.88. The molecule has 112 valence electrons. The summed E-state index contributed by atoms with van der Waals surface area (Å²) >= 11 is 0. The Labute approximate surface area is 123 Å². The third kappa shape index (κ3) is 2.93. The fraction of sp³-hybridized carbons (Fsp3) is 0.438. The maximum Gasteiger partial charge on any atom is 0.175 e. The molecule has 1 heterocycles. The zero-order valence-electron chi connectivity index (χ0n) is 12.0. The van der Waals surface area contributed by atoms with Gasteiger partial charge in [0.05, 0.1) is 11.7 Å². The topological polar surface area (TPSA) is 61.3 Å². The van der Waals surface area contributed by atoms with Gasteiger partial charge in [-0.2, -0.15) is 0 Å². The van der Waals surface area contributed by atoms with Gasteiger partial charge >= 0.3 is 0 Å². The van der Waals surface area contributed by atoms with E-state index < -0.39 is 0 Å². The first kappa shape index (κ1) is 14.1. The van der Waals surface area contributed by atoms with Crippen molar-refractivity contribution in [3.8, 4) is 11.1 Å². The first-order chi connectivity index (χ1) is 10.2. The fourth-order valence-electron chi connectivity index (χ4n) is 2.91. The van der Waals surface area contributed by atoms with Gasteiger partial charge in [-0.25, -0.2) is 4.39 Å². The summed E-state index contributed by atoms with van der Waals surface area (Å²) in [5.41, 5.74) is 7.31. The van der Waals surface area contributed by atoms with Gasteiger partial charge < -0.3 is 15.0 Å². The van der Waals surface area contributed by atoms with Crippen LogP contribution in [0.2, 0.25) is 0 Å². The maximum absolute atomic E-state index is 13.4. The van der Waals surface area contributed by atoms with Crippen LogP contribution in [0, 0.1) is 11.7 Å². The summed E-state index contributed by atoms with van der Waals surface area (Å²) in [6.07, 6.45) is 3.17. The molecule has 0 saturated heterocycles. The van der Waals surface area contributed by atoms with Crippen LogP contribution < -0.4 is 5.73 Å². The van der Waals surface area contributed by atoms with Crippen molar-refractivity contribution in [1.82, 2.24) is 5.16 Å². The highest BCUT2D eigenvalue weighted by Gasteiger charge is 2.32. The van der Waals surface area contributed by atoms with E-state index >= 15 is 0 Å². The SMILES string of the molecule is CCOC1CC(Cc2onc(N)c2-c2cccc(F)c2)C1. The molecule has 0 spiro atoms. The number of nitrogens with zero attached hydrogens (tertiary/aromatic N) is 1. The van der Waals surface area contributed by atoms with E-state index in [9.17, 15) is 4.39 Å². The zero-order valence-corrected chi connectivity index (χ0v) is 12.0. The highest BCUT2D eigenvalue weighted by atomic mass is 19.1. The van der Waals surface area contributed by atoms with E-state index in [1.807, 2.05) is 13.0 Å². The number of hydrogen-bond donors (Lipinski definition) is 1. The Balaban J connectivity index is 1.76. The van der Waals surface area contributed by atoms with Crippen molar-refractivity contribution in [2.45, 2.75) is 32.3 Å². The lowest BCUT2D eigenvalue weighted by atomic mass is 9.79. The molecular weight excluding hydrogens is 271 g/mol. The Morgan fingerprint density at radius 3 is 2.95 bits per heavy atom. The van der Waals surface area contributed by atoms with Gasteiger partial charge in [-0.15, -0.1) is 0 Å². The second kappa shape index (κ2) is 5.85. The molecule has 1 fully saturated rings. The number of nitrogens with two attached hydrogens (primary N) is 1. The number of benzene rings is 1. The standard InChI is InChI=1S/C16H19FN2O2/c1-2-20-13-6-10(7-13)8-14-15(16(18)19-21-14)11-4-3-5-12(17)9-11/h3-5,9-10,13H,2,6-8H2,1H3,(H2,18,19). The van der Waals surface area contributed by atoms with Crippen LogP contribution in [0.15, 0.2) is 28.8 Å². The van der Waals surface area contributed by atoms with Crippen molar-refractivity contribution in [2.24, 2.45) is 5.92 Å². The summed E-state index contributed by atoms with van der Waals surface area (Å²) in [4.78, 5) is 0. The molecule has 2 aromatic rings. The monoisotopic (exact) mass is 290 g/mol. The minimum absolute atomic E-state index is 0.292. The van der Waals surface area contributed by atoms with Crippen LogP contribution >= 0.6 is 0 Å². The molecule has 4 nitrogen and oxygen atoms in total. The molecule has 1 aromatic carbocycles. The zero-order chi connectivity index (χ0) is 14.8. The van der Waals surface area contributed by atoms with Crippen LogP contribution in [0.3, 0.4) is 0 Å². The molecule has 0 bridgehead atoms. The molecule has 5 heteroatoms. The quantitative estimate of drug-likeness (QED) is 0.916. The highest BCUT2D eigenvalue weighted by molar-refractivity contribution is 5.75. The smallest absolute Gasteiger partial charge is 0.175 e. The lowest BCUT2D eigenvalue weighted by molar-refractivity contribution is -0.0254. The van der Waals surface area contributed by atoms with Crippen LogP contribution in [0.5, 0.6) is 0 Å². The molecule has 0 aliphatic heterocycles. The molecule has 0 amide bonds. The molecule has 1 aliphatic rings. The van der Waals surface area contributed by atoms with Crippen molar-refractivity contribution in [3.63, 3.8) is 0 Å². The fourth-order valence-corrected chi connectivity index (χ4v) is 2.91. The number of ether oxygens (including phenoxy) is 1. The molecule has 1 saturated carbocycles. The lowest BCUT2D eigenvalue weighted by Gasteiger charge is -2.34. The Bertz CT molecular complexity index is 620. The van der Waals surface area contributed by atoms with E-state index in [0.29, 0.717) is 29.0 Å². The summed E-state index contributed by atoms with van der Waals surface area (Å²) in [7, 11) is 0. The first-order valence-electron chi connectivity index (χ1n) is 7.29. The first-order valence-corrected chi connectivity index (χ1v) is 7.29. The number of aromatic nitrogens is 1. The molecule has 1 aromatic heterocycles. The van der Waals surface area contributed by atoms with Crippen molar-refractivity contribution >= 4 is 5.82 Å². The van der Waals surface area contributed by atoms with Crippen LogP contribution in [0.1, 0.15) is 25.5 Å². The average molecular weight is 290 g/mol.